The Morgan fingerprint density at radius 3 is 2.65 bits per heavy atom. The second-order valence-electron chi connectivity index (χ2n) is 4.15. The van der Waals surface area contributed by atoms with E-state index in [1.165, 1.54) is 12.1 Å². The van der Waals surface area contributed by atoms with E-state index in [1.807, 2.05) is 0 Å². The normalized spacial score (nSPS) is 10.9. The van der Waals surface area contributed by atoms with Gasteiger partial charge < -0.3 is 0 Å². The molecule has 0 fully saturated rings. The second kappa shape index (κ2) is 4.77. The lowest BCUT2D eigenvalue weighted by Crippen LogP contribution is -1.97. The van der Waals surface area contributed by atoms with Gasteiger partial charge in [0.2, 0.25) is 0 Å². The molecule has 1 aromatic heterocycles. The third-order valence-electron chi connectivity index (χ3n) is 2.90. The molecular formula is C13H7Cl2N3O2. The molecule has 1 heterocycles. The van der Waals surface area contributed by atoms with E-state index < -0.39 is 4.92 Å². The summed E-state index contributed by atoms with van der Waals surface area (Å²) in [7, 11) is 0. The van der Waals surface area contributed by atoms with Crippen LogP contribution < -0.4 is 0 Å². The lowest BCUT2D eigenvalue weighted by molar-refractivity contribution is -0.384. The fourth-order valence-corrected chi connectivity index (χ4v) is 2.47. The first kappa shape index (κ1) is 12.9. The van der Waals surface area contributed by atoms with Gasteiger partial charge in [-0.1, -0.05) is 23.2 Å². The number of nitrogens with zero attached hydrogens (tertiary/aromatic N) is 3. The Balaban J connectivity index is 2.20. The van der Waals surface area contributed by atoms with Gasteiger partial charge in [-0.15, -0.1) is 0 Å². The molecule has 2 aromatic carbocycles. The smallest absolute Gasteiger partial charge is 0.258 e. The van der Waals surface area contributed by atoms with Crippen molar-refractivity contribution in [3.05, 3.63) is 62.8 Å². The maximum Gasteiger partial charge on any atom is 0.270 e. The zero-order valence-corrected chi connectivity index (χ0v) is 11.5. The Bertz CT molecular complexity index is 830. The first-order valence-corrected chi connectivity index (χ1v) is 6.39. The van der Waals surface area contributed by atoms with Gasteiger partial charge in [-0.05, 0) is 24.3 Å². The van der Waals surface area contributed by atoms with Crippen molar-refractivity contribution in [1.29, 1.82) is 0 Å². The van der Waals surface area contributed by atoms with E-state index in [4.69, 9.17) is 23.2 Å². The van der Waals surface area contributed by atoms with E-state index in [-0.39, 0.29) is 5.69 Å². The summed E-state index contributed by atoms with van der Waals surface area (Å²) < 4.78 is 1.62. The molecule has 0 bridgehead atoms. The van der Waals surface area contributed by atoms with Crippen molar-refractivity contribution in [2.24, 2.45) is 0 Å². The highest BCUT2D eigenvalue weighted by Gasteiger charge is 2.12. The van der Waals surface area contributed by atoms with Crippen molar-refractivity contribution in [1.82, 2.24) is 9.78 Å². The van der Waals surface area contributed by atoms with E-state index in [0.29, 0.717) is 21.1 Å². The molecule has 0 unspecified atom stereocenters. The van der Waals surface area contributed by atoms with Crippen molar-refractivity contribution >= 4 is 39.8 Å². The molecule has 0 aliphatic carbocycles. The number of non-ortho nitro benzene ring substituents is 1. The van der Waals surface area contributed by atoms with Crippen LogP contribution in [0.5, 0.6) is 0 Å². The van der Waals surface area contributed by atoms with Gasteiger partial charge in [0.05, 0.1) is 27.3 Å². The third kappa shape index (κ3) is 2.11. The van der Waals surface area contributed by atoms with Gasteiger partial charge in [0.15, 0.2) is 0 Å². The summed E-state index contributed by atoms with van der Waals surface area (Å²) in [5.74, 6) is 0. The Hall–Kier alpha value is -2.11. The minimum atomic E-state index is -0.438. The molecule has 0 spiro atoms. The molecule has 100 valence electrons. The number of rotatable bonds is 2. The molecule has 0 amide bonds. The van der Waals surface area contributed by atoms with Gasteiger partial charge in [0.25, 0.3) is 5.69 Å². The van der Waals surface area contributed by atoms with E-state index >= 15 is 0 Å². The minimum absolute atomic E-state index is 0.0271. The first-order valence-electron chi connectivity index (χ1n) is 5.64. The molecule has 0 aliphatic heterocycles. The van der Waals surface area contributed by atoms with Gasteiger partial charge in [0.1, 0.15) is 0 Å². The van der Waals surface area contributed by atoms with Crippen LogP contribution in [0.15, 0.2) is 42.6 Å². The Morgan fingerprint density at radius 1 is 1.15 bits per heavy atom. The molecule has 5 nitrogen and oxygen atoms in total. The van der Waals surface area contributed by atoms with Crippen LogP contribution in [0, 0.1) is 10.1 Å². The van der Waals surface area contributed by atoms with Crippen molar-refractivity contribution in [3.63, 3.8) is 0 Å². The fourth-order valence-electron chi connectivity index (χ4n) is 1.98. The number of hydrogen-bond donors (Lipinski definition) is 0. The summed E-state index contributed by atoms with van der Waals surface area (Å²) in [6.07, 6.45) is 1.56. The third-order valence-corrected chi connectivity index (χ3v) is 3.44. The van der Waals surface area contributed by atoms with Gasteiger partial charge in [0, 0.05) is 22.5 Å². The molecule has 0 atom stereocenters. The Kier molecular flexibility index (Phi) is 3.08. The minimum Gasteiger partial charge on any atom is -0.258 e. The van der Waals surface area contributed by atoms with Crippen LogP contribution in [0.25, 0.3) is 16.6 Å². The molecule has 3 aromatic rings. The topological polar surface area (TPSA) is 61.0 Å². The van der Waals surface area contributed by atoms with Gasteiger partial charge in [-0.3, -0.25) is 10.1 Å². The molecule has 0 aliphatic rings. The number of fused-ring (bicyclic) bond motifs is 1. The number of hydrogen-bond acceptors (Lipinski definition) is 3. The predicted octanol–water partition coefficient (Wildman–Crippen LogP) is 4.24. The van der Waals surface area contributed by atoms with Crippen LogP contribution >= 0.6 is 23.2 Å². The van der Waals surface area contributed by atoms with Crippen LogP contribution in [0.4, 0.5) is 5.69 Å². The van der Waals surface area contributed by atoms with Crippen LogP contribution in [0.3, 0.4) is 0 Å². The summed E-state index contributed by atoms with van der Waals surface area (Å²) in [6.45, 7) is 0. The Morgan fingerprint density at radius 2 is 1.95 bits per heavy atom. The van der Waals surface area contributed by atoms with Gasteiger partial charge >= 0.3 is 0 Å². The van der Waals surface area contributed by atoms with E-state index in [0.717, 1.165) is 5.52 Å². The number of halogens is 2. The summed E-state index contributed by atoms with van der Waals surface area (Å²) in [6, 6.07) is 9.63. The summed E-state index contributed by atoms with van der Waals surface area (Å²) >= 11 is 12.0. The quantitative estimate of drug-likeness (QED) is 0.525. The average molecular weight is 308 g/mol. The van der Waals surface area contributed by atoms with E-state index in [1.54, 1.807) is 35.1 Å². The van der Waals surface area contributed by atoms with Crippen molar-refractivity contribution in [2.45, 2.75) is 0 Å². The summed E-state index contributed by atoms with van der Waals surface area (Å²) in [4.78, 5) is 10.3. The van der Waals surface area contributed by atoms with E-state index in [9.17, 15) is 10.1 Å². The lowest BCUT2D eigenvalue weighted by atomic mass is 10.2. The first-order chi connectivity index (χ1) is 9.56. The highest BCUT2D eigenvalue weighted by molar-refractivity contribution is 6.35. The highest BCUT2D eigenvalue weighted by atomic mass is 35.5. The molecular weight excluding hydrogens is 301 g/mol. The zero-order valence-electron chi connectivity index (χ0n) is 9.96. The van der Waals surface area contributed by atoms with Crippen molar-refractivity contribution in [3.8, 4) is 5.69 Å². The molecule has 0 saturated heterocycles. The molecule has 0 radical (unpaired) electrons. The average Bonchev–Trinajstić information content (AvgIpc) is 2.81. The highest BCUT2D eigenvalue weighted by Crippen LogP contribution is 2.28. The van der Waals surface area contributed by atoms with Crippen LogP contribution in [-0.2, 0) is 0 Å². The maximum absolute atomic E-state index is 10.8. The summed E-state index contributed by atoms with van der Waals surface area (Å²) in [5, 5.41) is 16.6. The number of nitro groups is 1. The second-order valence-corrected chi connectivity index (χ2v) is 5.00. The number of aromatic nitrogens is 2. The Labute approximate surface area is 123 Å². The van der Waals surface area contributed by atoms with Gasteiger partial charge in [-0.25, -0.2) is 4.68 Å². The maximum atomic E-state index is 10.8. The van der Waals surface area contributed by atoms with Gasteiger partial charge in [-0.2, -0.15) is 5.10 Å². The number of benzene rings is 2. The van der Waals surface area contributed by atoms with E-state index in [2.05, 4.69) is 5.10 Å². The fraction of sp³-hybridized carbons (Fsp3) is 0. The molecule has 0 N–H and O–H groups in total. The standard InChI is InChI=1S/C13H7Cl2N3O2/c14-9-1-3-13(11(15)6-9)17-12-4-2-10(18(19)20)5-8(12)7-16-17/h1-7H. The van der Waals surface area contributed by atoms with Crippen LogP contribution in [0.1, 0.15) is 0 Å². The molecule has 0 saturated carbocycles. The van der Waals surface area contributed by atoms with Crippen molar-refractivity contribution < 1.29 is 4.92 Å². The molecule has 7 heteroatoms. The largest absolute Gasteiger partial charge is 0.270 e. The summed E-state index contributed by atoms with van der Waals surface area (Å²) in [5.41, 5.74) is 1.43. The molecule has 20 heavy (non-hydrogen) atoms. The lowest BCUT2D eigenvalue weighted by Gasteiger charge is -2.06. The van der Waals surface area contributed by atoms with Crippen LogP contribution in [0.2, 0.25) is 10.0 Å². The van der Waals surface area contributed by atoms with Crippen LogP contribution in [-0.4, -0.2) is 14.7 Å². The SMILES string of the molecule is O=[N+]([O-])c1ccc2c(cnn2-c2ccc(Cl)cc2Cl)c1. The molecule has 3 rings (SSSR count). The number of nitro benzene ring substituents is 1. The zero-order chi connectivity index (χ0) is 14.3. The predicted molar refractivity (Wildman–Crippen MR) is 77.7 cm³/mol. The monoisotopic (exact) mass is 307 g/mol. The van der Waals surface area contributed by atoms with Crippen molar-refractivity contribution in [2.75, 3.05) is 0 Å².